The monoisotopic (exact) mass is 358 g/mol. The van der Waals surface area contributed by atoms with Gasteiger partial charge in [0.15, 0.2) is 0 Å². The fraction of sp³-hybridized carbons (Fsp3) is 1.00. The van der Waals surface area contributed by atoms with Crippen molar-refractivity contribution < 1.29 is 14.2 Å². The van der Waals surface area contributed by atoms with Crippen molar-refractivity contribution in [2.75, 3.05) is 13.2 Å². The van der Waals surface area contributed by atoms with Gasteiger partial charge in [-0.2, -0.15) is 0 Å². The lowest BCUT2D eigenvalue weighted by Crippen LogP contribution is -2.52. The summed E-state index contributed by atoms with van der Waals surface area (Å²) in [7, 11) is 0. The van der Waals surface area contributed by atoms with Gasteiger partial charge in [0.25, 0.3) is 0 Å². The fourth-order valence-corrected chi connectivity index (χ4v) is 2.97. The van der Waals surface area contributed by atoms with Crippen molar-refractivity contribution >= 4 is 0 Å². The lowest BCUT2D eigenvalue weighted by Gasteiger charge is -2.48. The molecule has 0 aromatic heterocycles. The highest BCUT2D eigenvalue weighted by Crippen LogP contribution is 2.41. The van der Waals surface area contributed by atoms with Crippen LogP contribution in [0.25, 0.3) is 0 Å². The molecule has 0 aliphatic rings. The molecule has 0 aliphatic heterocycles. The highest BCUT2D eigenvalue weighted by molar-refractivity contribution is 4.94. The predicted octanol–water partition coefficient (Wildman–Crippen LogP) is 6.24. The SMILES string of the molecule is CCOC(C)(C)C(C)(C)C(C)OC(C)(C)C(C)CCCCOC(C)C. The van der Waals surface area contributed by atoms with E-state index in [1.54, 1.807) is 0 Å². The maximum atomic E-state index is 6.58. The minimum absolute atomic E-state index is 0.0783. The van der Waals surface area contributed by atoms with E-state index in [0.717, 1.165) is 26.1 Å². The van der Waals surface area contributed by atoms with Crippen molar-refractivity contribution in [3.8, 4) is 0 Å². The molecule has 0 fully saturated rings. The molecule has 0 amide bonds. The lowest BCUT2D eigenvalue weighted by molar-refractivity contribution is -0.193. The lowest BCUT2D eigenvalue weighted by atomic mass is 9.72. The Bertz CT molecular complexity index is 358. The van der Waals surface area contributed by atoms with Crippen LogP contribution in [-0.2, 0) is 14.2 Å². The molecule has 0 aliphatic carbocycles. The van der Waals surface area contributed by atoms with Gasteiger partial charge >= 0.3 is 0 Å². The van der Waals surface area contributed by atoms with E-state index in [2.05, 4.69) is 76.2 Å². The zero-order valence-corrected chi connectivity index (χ0v) is 19.0. The molecule has 3 nitrogen and oxygen atoms in total. The standard InChI is InChI=1S/C22H46O3/c1-12-24-22(10,11)20(6,7)19(5)25-21(8,9)18(4)15-13-14-16-23-17(2)3/h17-19H,12-16H2,1-11H3. The van der Waals surface area contributed by atoms with Crippen molar-refractivity contribution in [2.24, 2.45) is 11.3 Å². The number of unbranched alkanes of at least 4 members (excludes halogenated alkanes) is 1. The summed E-state index contributed by atoms with van der Waals surface area (Å²) >= 11 is 0. The fourth-order valence-electron chi connectivity index (χ4n) is 2.97. The van der Waals surface area contributed by atoms with Crippen LogP contribution in [0.4, 0.5) is 0 Å². The minimum atomic E-state index is -0.228. The van der Waals surface area contributed by atoms with Crippen LogP contribution < -0.4 is 0 Å². The summed E-state index contributed by atoms with van der Waals surface area (Å²) in [6.07, 6.45) is 3.90. The van der Waals surface area contributed by atoms with Crippen molar-refractivity contribution in [1.29, 1.82) is 0 Å². The second kappa shape index (κ2) is 10.3. The highest BCUT2D eigenvalue weighted by atomic mass is 16.5. The summed E-state index contributed by atoms with van der Waals surface area (Å²) in [6.45, 7) is 25.6. The van der Waals surface area contributed by atoms with Gasteiger partial charge in [-0.15, -0.1) is 0 Å². The second-order valence-corrected chi connectivity index (χ2v) is 9.34. The zero-order chi connectivity index (χ0) is 19.9. The molecule has 3 heteroatoms. The molecule has 0 bridgehead atoms. The van der Waals surface area contributed by atoms with Gasteiger partial charge in [0.1, 0.15) is 0 Å². The van der Waals surface area contributed by atoms with E-state index >= 15 is 0 Å². The second-order valence-electron chi connectivity index (χ2n) is 9.34. The molecule has 0 N–H and O–H groups in total. The quantitative estimate of drug-likeness (QED) is 0.365. The number of ether oxygens (including phenoxy) is 3. The molecule has 0 aromatic carbocycles. The maximum absolute atomic E-state index is 6.58. The number of hydrogen-bond donors (Lipinski definition) is 0. The van der Waals surface area contributed by atoms with Gasteiger partial charge in [0, 0.05) is 18.6 Å². The molecule has 0 saturated carbocycles. The van der Waals surface area contributed by atoms with Gasteiger partial charge in [-0.25, -0.2) is 0 Å². The minimum Gasteiger partial charge on any atom is -0.379 e. The first-order valence-electron chi connectivity index (χ1n) is 10.2. The summed E-state index contributed by atoms with van der Waals surface area (Å²) < 4.78 is 18.2. The Kier molecular flexibility index (Phi) is 10.2. The van der Waals surface area contributed by atoms with Gasteiger partial charge in [-0.05, 0) is 74.1 Å². The Morgan fingerprint density at radius 1 is 0.840 bits per heavy atom. The van der Waals surface area contributed by atoms with Crippen LogP contribution in [0.2, 0.25) is 0 Å². The van der Waals surface area contributed by atoms with E-state index in [1.165, 1.54) is 6.42 Å². The number of hydrogen-bond acceptors (Lipinski definition) is 3. The molecule has 0 radical (unpaired) electrons. The third kappa shape index (κ3) is 7.97. The van der Waals surface area contributed by atoms with E-state index in [0.29, 0.717) is 12.0 Å². The topological polar surface area (TPSA) is 27.7 Å². The summed E-state index contributed by atoms with van der Waals surface area (Å²) in [5.41, 5.74) is -0.461. The van der Waals surface area contributed by atoms with Gasteiger partial charge in [-0.1, -0.05) is 27.2 Å². The van der Waals surface area contributed by atoms with E-state index in [1.807, 2.05) is 0 Å². The Morgan fingerprint density at radius 2 is 1.40 bits per heavy atom. The summed E-state index contributed by atoms with van der Waals surface area (Å²) in [5.74, 6) is 0.500. The third-order valence-corrected chi connectivity index (χ3v) is 6.22. The van der Waals surface area contributed by atoms with Crippen LogP contribution >= 0.6 is 0 Å². The molecule has 2 atom stereocenters. The molecule has 0 aromatic rings. The molecular weight excluding hydrogens is 312 g/mol. The van der Waals surface area contributed by atoms with E-state index in [9.17, 15) is 0 Å². The first-order chi connectivity index (χ1) is 11.3. The Labute approximate surface area is 158 Å². The highest BCUT2D eigenvalue weighted by Gasteiger charge is 2.45. The maximum Gasteiger partial charge on any atom is 0.0701 e. The van der Waals surface area contributed by atoms with Crippen LogP contribution in [-0.4, -0.2) is 36.6 Å². The van der Waals surface area contributed by atoms with Crippen molar-refractivity contribution in [2.45, 2.75) is 119 Å². The van der Waals surface area contributed by atoms with Crippen LogP contribution in [0.1, 0.15) is 95.4 Å². The van der Waals surface area contributed by atoms with Crippen LogP contribution in [0, 0.1) is 11.3 Å². The van der Waals surface area contributed by atoms with Gasteiger partial charge in [0.2, 0.25) is 0 Å². The smallest absolute Gasteiger partial charge is 0.0701 e. The van der Waals surface area contributed by atoms with Crippen molar-refractivity contribution in [1.82, 2.24) is 0 Å². The van der Waals surface area contributed by atoms with Gasteiger partial charge in [-0.3, -0.25) is 0 Å². The predicted molar refractivity (Wildman–Crippen MR) is 108 cm³/mol. The van der Waals surface area contributed by atoms with E-state index in [-0.39, 0.29) is 22.7 Å². The molecule has 0 saturated heterocycles. The first kappa shape index (κ1) is 24.9. The summed E-state index contributed by atoms with van der Waals surface area (Å²) in [5, 5.41) is 0. The molecule has 2 unspecified atom stereocenters. The Morgan fingerprint density at radius 3 is 1.88 bits per heavy atom. The zero-order valence-electron chi connectivity index (χ0n) is 19.0. The molecule has 25 heavy (non-hydrogen) atoms. The third-order valence-electron chi connectivity index (χ3n) is 6.22. The van der Waals surface area contributed by atoms with Gasteiger partial charge < -0.3 is 14.2 Å². The largest absolute Gasteiger partial charge is 0.379 e. The molecule has 0 rings (SSSR count). The van der Waals surface area contributed by atoms with E-state index in [4.69, 9.17) is 14.2 Å². The molecule has 0 heterocycles. The summed E-state index contributed by atoms with van der Waals surface area (Å²) in [6, 6.07) is 0. The van der Waals surface area contributed by atoms with Crippen molar-refractivity contribution in [3.63, 3.8) is 0 Å². The van der Waals surface area contributed by atoms with Crippen LogP contribution in [0.3, 0.4) is 0 Å². The number of rotatable bonds is 13. The summed E-state index contributed by atoms with van der Waals surface area (Å²) in [4.78, 5) is 0. The van der Waals surface area contributed by atoms with E-state index < -0.39 is 0 Å². The average molecular weight is 359 g/mol. The van der Waals surface area contributed by atoms with Crippen LogP contribution in [0.5, 0.6) is 0 Å². The Hall–Kier alpha value is -0.120. The molecule has 152 valence electrons. The molecular formula is C22H46O3. The average Bonchev–Trinajstić information content (AvgIpc) is 2.45. The van der Waals surface area contributed by atoms with Gasteiger partial charge in [0.05, 0.1) is 23.4 Å². The normalized spacial score (nSPS) is 16.3. The van der Waals surface area contributed by atoms with Crippen LogP contribution in [0.15, 0.2) is 0 Å². The molecule has 0 spiro atoms. The first-order valence-corrected chi connectivity index (χ1v) is 10.2. The Balaban J connectivity index is 4.61. The van der Waals surface area contributed by atoms with Crippen molar-refractivity contribution in [3.05, 3.63) is 0 Å².